The summed E-state index contributed by atoms with van der Waals surface area (Å²) >= 11 is 0. The zero-order valence-electron chi connectivity index (χ0n) is 29.8. The third kappa shape index (κ3) is 10.1. The van der Waals surface area contributed by atoms with E-state index in [4.69, 9.17) is 44.6 Å². The van der Waals surface area contributed by atoms with Gasteiger partial charge >= 0.3 is 19.8 Å². The first kappa shape index (κ1) is 48.9. The predicted molar refractivity (Wildman–Crippen MR) is 173 cm³/mol. The molecule has 4 aliphatic heterocycles. The molecule has 0 bridgehead atoms. The van der Waals surface area contributed by atoms with Crippen LogP contribution in [0.25, 0.3) is 0 Å². The molecule has 30 heteroatoms. The summed E-state index contributed by atoms with van der Waals surface area (Å²) < 4.78 is 54.0. The van der Waals surface area contributed by atoms with E-state index in [0.717, 1.165) is 0 Å². The summed E-state index contributed by atoms with van der Waals surface area (Å²) in [6.07, 6.45) is -37.2. The standard InChI is InChI=1S/C28H49N2O27P/c29-11-15(37)13(35)9(53-23(11)41)4-50-24-12(30)16(38)21(57-58(47,48)49)10(54-24)5-51-27(25(42)43)1-8(14(36)19(55-27)6(33)2-31)52-22-18(40)17(39)20(7(34)3-32)56-28(22,46)26(44)45/h6-24,31-41,46H,1-5,29-30H2,(H,42,43)(H,44,45)(H2,47,48,49)/t6-,7-,8-,9-,10-,11-,12-,13-,14-,15-,16-,17-,18+,19-,20-,21-,22-,23+,24-,27-,28-/m1/s1. The second-order valence-corrected chi connectivity index (χ2v) is 15.1. The lowest BCUT2D eigenvalue weighted by molar-refractivity contribution is -0.380. The highest BCUT2D eigenvalue weighted by atomic mass is 31.2. The van der Waals surface area contributed by atoms with Gasteiger partial charge in [-0.2, -0.15) is 0 Å². The van der Waals surface area contributed by atoms with Crippen LogP contribution in [-0.4, -0.2) is 247 Å². The monoisotopic (exact) mass is 876 g/mol. The number of hydrogen-bond acceptors (Lipinski definition) is 25. The molecule has 0 saturated carbocycles. The van der Waals surface area contributed by atoms with E-state index in [-0.39, 0.29) is 0 Å². The zero-order valence-corrected chi connectivity index (χ0v) is 30.6. The lowest BCUT2D eigenvalue weighted by Gasteiger charge is -2.50. The van der Waals surface area contributed by atoms with Crippen LogP contribution in [0.1, 0.15) is 6.42 Å². The van der Waals surface area contributed by atoms with Crippen molar-refractivity contribution in [3.63, 3.8) is 0 Å². The van der Waals surface area contributed by atoms with E-state index < -0.39 is 180 Å². The molecule has 0 aromatic heterocycles. The summed E-state index contributed by atoms with van der Waals surface area (Å²) in [5.74, 6) is -11.4. The Kier molecular flexibility index (Phi) is 16.1. The Morgan fingerprint density at radius 2 is 1.34 bits per heavy atom. The SMILES string of the molecule is N[C@@H]1[C@@H](O)[C@H](O)[C@@H](CO[C@@H]2O[C@H](CO[C@]3(C(=O)O)C[C@@H](O[C@@H]4[C@@H](O)[C@@H](O)[C@@H]([C@H](O)CO)O[C@@]4(O)C(=O)O)[C@@H](O)[C@@H]([C@H](O)CO)O3)[C@@H](OP(=O)(O)O)[C@H](O)[C@H]2N)O[C@@H]1O. The van der Waals surface area contributed by atoms with Gasteiger partial charge in [-0.1, -0.05) is 0 Å². The first-order valence-electron chi connectivity index (χ1n) is 17.2. The van der Waals surface area contributed by atoms with Crippen molar-refractivity contribution in [2.45, 2.75) is 134 Å². The lowest BCUT2D eigenvalue weighted by atomic mass is 9.88. The summed E-state index contributed by atoms with van der Waals surface area (Å²) in [7, 11) is -5.55. The number of ether oxygens (including phenoxy) is 7. The van der Waals surface area contributed by atoms with Gasteiger partial charge in [0.1, 0.15) is 79.4 Å². The molecule has 4 aliphatic rings. The van der Waals surface area contributed by atoms with Crippen LogP contribution in [-0.2, 0) is 51.8 Å². The molecule has 21 atom stereocenters. The fraction of sp³-hybridized carbons (Fsp3) is 0.929. The number of rotatable bonds is 16. The number of phosphoric acid groups is 1. The van der Waals surface area contributed by atoms with E-state index in [1.54, 1.807) is 0 Å². The highest BCUT2D eigenvalue weighted by Gasteiger charge is 2.63. The highest BCUT2D eigenvalue weighted by Crippen LogP contribution is 2.43. The van der Waals surface area contributed by atoms with Crippen molar-refractivity contribution in [3.05, 3.63) is 0 Å². The number of aliphatic hydroxyl groups is 12. The van der Waals surface area contributed by atoms with Gasteiger partial charge in [0.25, 0.3) is 11.6 Å². The first-order valence-corrected chi connectivity index (χ1v) is 18.7. The number of nitrogens with two attached hydrogens (primary N) is 2. The number of aliphatic hydroxyl groups excluding tert-OH is 11. The van der Waals surface area contributed by atoms with Crippen molar-refractivity contribution < 1.29 is 133 Å². The molecule has 4 rings (SSSR count). The van der Waals surface area contributed by atoms with Crippen molar-refractivity contribution in [1.82, 2.24) is 0 Å². The Labute approximate surface area is 325 Å². The molecular weight excluding hydrogens is 827 g/mol. The van der Waals surface area contributed by atoms with E-state index in [1.807, 2.05) is 0 Å². The Bertz CT molecular complexity index is 1450. The van der Waals surface area contributed by atoms with Gasteiger partial charge in [0, 0.05) is 6.42 Å². The maximum Gasteiger partial charge on any atom is 0.470 e. The summed E-state index contributed by atoms with van der Waals surface area (Å²) in [6, 6.07) is -3.19. The quantitative estimate of drug-likeness (QED) is 0.0640. The van der Waals surface area contributed by atoms with E-state index in [1.165, 1.54) is 0 Å². The van der Waals surface area contributed by atoms with Crippen LogP contribution in [0, 0.1) is 0 Å². The van der Waals surface area contributed by atoms with Crippen molar-refractivity contribution in [3.8, 4) is 0 Å². The average molecular weight is 877 g/mol. The van der Waals surface area contributed by atoms with Crippen LogP contribution in [0.15, 0.2) is 0 Å². The molecule has 29 nitrogen and oxygen atoms in total. The third-order valence-corrected chi connectivity index (χ3v) is 10.5. The third-order valence-electron chi connectivity index (χ3n) is 9.95. The predicted octanol–water partition coefficient (Wildman–Crippen LogP) is -11.0. The summed E-state index contributed by atoms with van der Waals surface area (Å²) in [5, 5.41) is 145. The van der Waals surface area contributed by atoms with Crippen LogP contribution in [0.4, 0.5) is 0 Å². The van der Waals surface area contributed by atoms with Crippen molar-refractivity contribution in [1.29, 1.82) is 0 Å². The summed E-state index contributed by atoms with van der Waals surface area (Å²) in [5.41, 5.74) is 11.5. The molecule has 0 amide bonds. The molecule has 20 N–H and O–H groups in total. The lowest BCUT2D eigenvalue weighted by Crippen LogP contribution is -2.72. The molecule has 338 valence electrons. The van der Waals surface area contributed by atoms with Gasteiger partial charge < -0.3 is 126 Å². The van der Waals surface area contributed by atoms with E-state index in [9.17, 15) is 95.4 Å². The molecule has 0 unspecified atom stereocenters. The topological polar surface area (TPSA) is 501 Å². The van der Waals surface area contributed by atoms with Crippen LogP contribution < -0.4 is 11.5 Å². The number of carbonyl (C=O) groups is 2. The van der Waals surface area contributed by atoms with Gasteiger partial charge in [-0.15, -0.1) is 0 Å². The van der Waals surface area contributed by atoms with E-state index in [2.05, 4.69) is 4.52 Å². The second kappa shape index (κ2) is 19.1. The molecular formula is C28H49N2O27P. The minimum absolute atomic E-state index is 0.766. The number of aliphatic carboxylic acids is 2. The molecule has 4 heterocycles. The molecule has 0 aromatic carbocycles. The van der Waals surface area contributed by atoms with Crippen LogP contribution in [0.2, 0.25) is 0 Å². The van der Waals surface area contributed by atoms with Crippen molar-refractivity contribution >= 4 is 19.8 Å². The van der Waals surface area contributed by atoms with Crippen molar-refractivity contribution in [2.75, 3.05) is 26.4 Å². The Morgan fingerprint density at radius 3 is 1.88 bits per heavy atom. The Hall–Kier alpha value is -1.79. The minimum Gasteiger partial charge on any atom is -0.477 e. The molecule has 4 fully saturated rings. The van der Waals surface area contributed by atoms with Gasteiger partial charge in [0.2, 0.25) is 0 Å². The van der Waals surface area contributed by atoms with Gasteiger partial charge in [-0.25, -0.2) is 14.2 Å². The van der Waals surface area contributed by atoms with E-state index in [0.29, 0.717) is 0 Å². The zero-order chi connectivity index (χ0) is 43.8. The summed E-state index contributed by atoms with van der Waals surface area (Å²) in [6.45, 7) is -4.47. The van der Waals surface area contributed by atoms with Gasteiger partial charge in [-0.05, 0) is 0 Å². The van der Waals surface area contributed by atoms with Gasteiger partial charge in [0.05, 0.1) is 44.6 Å². The normalized spacial score (nSPS) is 46.3. The Balaban J connectivity index is 1.65. The van der Waals surface area contributed by atoms with Crippen molar-refractivity contribution in [2.24, 2.45) is 11.5 Å². The second-order valence-electron chi connectivity index (χ2n) is 13.9. The molecule has 4 saturated heterocycles. The van der Waals surface area contributed by atoms with Crippen LogP contribution in [0.3, 0.4) is 0 Å². The first-order chi connectivity index (χ1) is 26.8. The smallest absolute Gasteiger partial charge is 0.470 e. The number of carboxylic acids is 2. The average Bonchev–Trinajstić information content (AvgIpc) is 3.16. The molecule has 58 heavy (non-hydrogen) atoms. The largest absolute Gasteiger partial charge is 0.477 e. The van der Waals surface area contributed by atoms with Gasteiger partial charge in [0.15, 0.2) is 18.7 Å². The molecule has 0 spiro atoms. The number of hydrogen-bond donors (Lipinski definition) is 18. The number of phosphoric ester groups is 1. The molecule has 0 aromatic rings. The summed E-state index contributed by atoms with van der Waals surface area (Å²) in [4.78, 5) is 44.3. The molecule has 0 aliphatic carbocycles. The van der Waals surface area contributed by atoms with Crippen LogP contribution in [0.5, 0.6) is 0 Å². The van der Waals surface area contributed by atoms with E-state index >= 15 is 0 Å². The Morgan fingerprint density at radius 1 is 0.759 bits per heavy atom. The molecule has 0 radical (unpaired) electrons. The minimum atomic E-state index is -5.55. The maximum atomic E-state index is 12.9. The fourth-order valence-corrected chi connectivity index (χ4v) is 7.26. The maximum absolute atomic E-state index is 12.9. The highest BCUT2D eigenvalue weighted by molar-refractivity contribution is 7.46. The van der Waals surface area contributed by atoms with Crippen LogP contribution >= 0.6 is 7.82 Å². The fourth-order valence-electron chi connectivity index (χ4n) is 6.68. The van der Waals surface area contributed by atoms with Gasteiger partial charge in [-0.3, -0.25) is 4.52 Å². The number of carboxylic acid groups (broad SMARTS) is 2.